The number of carbonyl (C=O) groups excluding carboxylic acids is 1. The van der Waals surface area contributed by atoms with E-state index < -0.39 is 0 Å². The van der Waals surface area contributed by atoms with E-state index in [0.717, 1.165) is 25.7 Å². The van der Waals surface area contributed by atoms with Crippen LogP contribution in [0.15, 0.2) is 23.8 Å². The van der Waals surface area contributed by atoms with Crippen LogP contribution in [0.2, 0.25) is 0 Å². The number of methoxy groups -OCH3 is 2. The van der Waals surface area contributed by atoms with Gasteiger partial charge in [0.15, 0.2) is 0 Å². The fourth-order valence-corrected chi connectivity index (χ4v) is 2.58. The molecule has 0 aromatic heterocycles. The van der Waals surface area contributed by atoms with E-state index in [4.69, 9.17) is 9.47 Å². The summed E-state index contributed by atoms with van der Waals surface area (Å²) in [6.45, 7) is 0. The van der Waals surface area contributed by atoms with Gasteiger partial charge < -0.3 is 14.8 Å². The SMILES string of the molecule is COc1ccc(C=C(C#N)C(=O)NC2CCCC2)c(OC)c1. The molecule has 0 atom stereocenters. The highest BCUT2D eigenvalue weighted by Crippen LogP contribution is 2.26. The summed E-state index contributed by atoms with van der Waals surface area (Å²) in [7, 11) is 3.11. The molecular weight excluding hydrogens is 280 g/mol. The van der Waals surface area contributed by atoms with Crippen molar-refractivity contribution in [2.24, 2.45) is 0 Å². The van der Waals surface area contributed by atoms with E-state index in [1.165, 1.54) is 7.11 Å². The normalized spacial score (nSPS) is 15.2. The van der Waals surface area contributed by atoms with Crippen LogP contribution in [-0.2, 0) is 4.79 Å². The number of nitriles is 1. The molecule has 1 saturated carbocycles. The zero-order chi connectivity index (χ0) is 15.9. The monoisotopic (exact) mass is 300 g/mol. The number of nitrogens with one attached hydrogen (secondary N) is 1. The van der Waals surface area contributed by atoms with Crippen LogP contribution in [-0.4, -0.2) is 26.2 Å². The maximum atomic E-state index is 12.2. The van der Waals surface area contributed by atoms with Crippen LogP contribution in [0.4, 0.5) is 0 Å². The number of hydrogen-bond acceptors (Lipinski definition) is 4. The molecule has 0 unspecified atom stereocenters. The van der Waals surface area contributed by atoms with Crippen molar-refractivity contribution >= 4 is 12.0 Å². The lowest BCUT2D eigenvalue weighted by Crippen LogP contribution is -2.33. The largest absolute Gasteiger partial charge is 0.497 e. The molecule has 1 aliphatic rings. The van der Waals surface area contributed by atoms with Gasteiger partial charge in [0.2, 0.25) is 0 Å². The van der Waals surface area contributed by atoms with Gasteiger partial charge >= 0.3 is 0 Å². The Hall–Kier alpha value is -2.48. The molecule has 1 amide bonds. The number of nitrogens with zero attached hydrogens (tertiary/aromatic N) is 1. The fourth-order valence-electron chi connectivity index (χ4n) is 2.58. The molecule has 0 saturated heterocycles. The molecule has 1 N–H and O–H groups in total. The Balaban J connectivity index is 2.20. The molecule has 5 heteroatoms. The quantitative estimate of drug-likeness (QED) is 0.670. The Morgan fingerprint density at radius 2 is 2.05 bits per heavy atom. The Labute approximate surface area is 130 Å². The minimum atomic E-state index is -0.327. The molecule has 5 nitrogen and oxygen atoms in total. The van der Waals surface area contributed by atoms with Crippen LogP contribution in [0.5, 0.6) is 11.5 Å². The average Bonchev–Trinajstić information content (AvgIpc) is 3.05. The van der Waals surface area contributed by atoms with Crippen LogP contribution >= 0.6 is 0 Å². The first-order valence-corrected chi connectivity index (χ1v) is 7.32. The van der Waals surface area contributed by atoms with Gasteiger partial charge in [0.05, 0.1) is 14.2 Å². The minimum absolute atomic E-state index is 0.0790. The van der Waals surface area contributed by atoms with Gasteiger partial charge in [-0.3, -0.25) is 4.79 Å². The Kier molecular flexibility index (Phi) is 5.42. The fraction of sp³-hybridized carbons (Fsp3) is 0.412. The summed E-state index contributed by atoms with van der Waals surface area (Å²) in [5, 5.41) is 12.2. The molecule has 0 spiro atoms. The van der Waals surface area contributed by atoms with Crippen molar-refractivity contribution in [3.8, 4) is 17.6 Å². The molecule has 2 rings (SSSR count). The van der Waals surface area contributed by atoms with Crippen LogP contribution in [0.25, 0.3) is 6.08 Å². The van der Waals surface area contributed by atoms with Crippen LogP contribution in [0.3, 0.4) is 0 Å². The van der Waals surface area contributed by atoms with E-state index in [1.807, 2.05) is 6.07 Å². The van der Waals surface area contributed by atoms with Gasteiger partial charge in [0.1, 0.15) is 23.1 Å². The van der Waals surface area contributed by atoms with Crippen molar-refractivity contribution in [2.75, 3.05) is 14.2 Å². The molecule has 0 radical (unpaired) electrons. The Bertz CT molecular complexity index is 611. The molecule has 1 aromatic carbocycles. The highest BCUT2D eigenvalue weighted by Gasteiger charge is 2.19. The van der Waals surface area contributed by atoms with Gasteiger partial charge in [-0.1, -0.05) is 12.8 Å². The summed E-state index contributed by atoms with van der Waals surface area (Å²) in [5.41, 5.74) is 0.747. The van der Waals surface area contributed by atoms with E-state index in [1.54, 1.807) is 31.4 Å². The molecule has 116 valence electrons. The smallest absolute Gasteiger partial charge is 0.262 e. The zero-order valence-electron chi connectivity index (χ0n) is 12.9. The summed E-state index contributed by atoms with van der Waals surface area (Å²) < 4.78 is 10.4. The van der Waals surface area contributed by atoms with Gasteiger partial charge in [0.25, 0.3) is 5.91 Å². The van der Waals surface area contributed by atoms with Crippen LogP contribution < -0.4 is 14.8 Å². The molecule has 22 heavy (non-hydrogen) atoms. The summed E-state index contributed by atoms with van der Waals surface area (Å²) in [4.78, 5) is 12.2. The van der Waals surface area contributed by atoms with Gasteiger partial charge in [-0.2, -0.15) is 5.26 Å². The lowest BCUT2D eigenvalue weighted by molar-refractivity contribution is -0.117. The number of ether oxygens (including phenoxy) is 2. The van der Waals surface area contributed by atoms with Crippen molar-refractivity contribution in [2.45, 2.75) is 31.7 Å². The lowest BCUT2D eigenvalue weighted by Gasteiger charge is -2.11. The minimum Gasteiger partial charge on any atom is -0.497 e. The summed E-state index contributed by atoms with van der Waals surface area (Å²) in [6, 6.07) is 7.39. The molecular formula is C17H20N2O3. The topological polar surface area (TPSA) is 71.3 Å². The third-order valence-corrected chi connectivity index (χ3v) is 3.80. The number of hydrogen-bond donors (Lipinski definition) is 1. The van der Waals surface area contributed by atoms with Crippen molar-refractivity contribution in [1.29, 1.82) is 5.26 Å². The second kappa shape index (κ2) is 7.51. The third kappa shape index (κ3) is 3.79. The van der Waals surface area contributed by atoms with Crippen molar-refractivity contribution < 1.29 is 14.3 Å². The standard InChI is InChI=1S/C17H20N2O3/c1-21-15-8-7-12(16(10-15)22-2)9-13(11-18)17(20)19-14-5-3-4-6-14/h7-10,14H,3-6H2,1-2H3,(H,19,20). The molecule has 0 aliphatic heterocycles. The van der Waals surface area contributed by atoms with Crippen molar-refractivity contribution in [3.05, 3.63) is 29.3 Å². The zero-order valence-corrected chi connectivity index (χ0v) is 12.9. The third-order valence-electron chi connectivity index (χ3n) is 3.80. The van der Waals surface area contributed by atoms with Crippen LogP contribution in [0, 0.1) is 11.3 Å². The Morgan fingerprint density at radius 1 is 1.32 bits per heavy atom. The van der Waals surface area contributed by atoms with Crippen LogP contribution in [0.1, 0.15) is 31.2 Å². The maximum absolute atomic E-state index is 12.2. The molecule has 1 aliphatic carbocycles. The highest BCUT2D eigenvalue weighted by molar-refractivity contribution is 6.02. The molecule has 0 bridgehead atoms. The van der Waals surface area contributed by atoms with Gasteiger partial charge in [-0.15, -0.1) is 0 Å². The lowest BCUT2D eigenvalue weighted by atomic mass is 10.1. The predicted octanol–water partition coefficient (Wildman–Crippen LogP) is 2.67. The van der Waals surface area contributed by atoms with E-state index in [0.29, 0.717) is 17.1 Å². The van der Waals surface area contributed by atoms with E-state index in [-0.39, 0.29) is 17.5 Å². The van der Waals surface area contributed by atoms with E-state index in [2.05, 4.69) is 5.32 Å². The van der Waals surface area contributed by atoms with E-state index >= 15 is 0 Å². The maximum Gasteiger partial charge on any atom is 0.262 e. The number of benzene rings is 1. The van der Waals surface area contributed by atoms with E-state index in [9.17, 15) is 10.1 Å². The van der Waals surface area contributed by atoms with Crippen molar-refractivity contribution in [1.82, 2.24) is 5.32 Å². The number of carbonyl (C=O) groups is 1. The van der Waals surface area contributed by atoms with Gasteiger partial charge in [0, 0.05) is 17.7 Å². The first kappa shape index (κ1) is 15.9. The highest BCUT2D eigenvalue weighted by atomic mass is 16.5. The average molecular weight is 300 g/mol. The second-order valence-corrected chi connectivity index (χ2v) is 5.23. The van der Waals surface area contributed by atoms with Crippen molar-refractivity contribution in [3.63, 3.8) is 0 Å². The molecule has 0 heterocycles. The summed E-state index contributed by atoms with van der Waals surface area (Å²) in [6.07, 6.45) is 5.76. The molecule has 1 fully saturated rings. The first-order valence-electron chi connectivity index (χ1n) is 7.32. The second-order valence-electron chi connectivity index (χ2n) is 5.23. The van der Waals surface area contributed by atoms with Gasteiger partial charge in [-0.25, -0.2) is 0 Å². The molecule has 1 aromatic rings. The Morgan fingerprint density at radius 3 is 2.64 bits per heavy atom. The first-order chi connectivity index (χ1) is 10.7. The summed E-state index contributed by atoms with van der Waals surface area (Å²) >= 11 is 0. The predicted molar refractivity (Wildman–Crippen MR) is 83.5 cm³/mol. The summed E-state index contributed by atoms with van der Waals surface area (Å²) in [5.74, 6) is 0.885. The number of amides is 1. The number of rotatable bonds is 5. The van der Waals surface area contributed by atoms with Gasteiger partial charge in [-0.05, 0) is 31.1 Å².